The average Bonchev–Trinajstić information content (AvgIpc) is 1.67. The van der Waals surface area contributed by atoms with Crippen LogP contribution in [0.3, 0.4) is 0 Å². The molecule has 2 aliphatic heterocycles. The van der Waals surface area contributed by atoms with E-state index in [2.05, 4.69) is 272 Å². The van der Waals surface area contributed by atoms with Crippen molar-refractivity contribution in [1.82, 2.24) is 85.8 Å². The summed E-state index contributed by atoms with van der Waals surface area (Å²) in [6.07, 6.45) is 19.2. The van der Waals surface area contributed by atoms with Crippen molar-refractivity contribution in [3.8, 4) is 0 Å². The van der Waals surface area contributed by atoms with Crippen LogP contribution in [0.5, 0.6) is 0 Å². The molecule has 17 rings (SSSR count). The number of nitrogens with zero attached hydrogens (tertiary/aromatic N) is 9. The maximum Gasteiger partial charge on any atom is 0.237 e. The molecule has 0 spiro atoms. The van der Waals surface area contributed by atoms with Crippen molar-refractivity contribution in [3.05, 3.63) is 358 Å². The van der Waals surface area contributed by atoms with E-state index in [0.717, 1.165) is 191 Å². The highest BCUT2D eigenvalue weighted by atomic mass is 16.2. The number of aryl methyl sites for hydroxylation is 9. The van der Waals surface area contributed by atoms with Gasteiger partial charge in [0.1, 0.15) is 17.5 Å². The van der Waals surface area contributed by atoms with Gasteiger partial charge in [-0.1, -0.05) is 237 Å². The minimum absolute atomic E-state index is 0.0139. The number of para-hydroxylation sites is 3. The largest absolute Gasteiger partial charge is 0.361 e. The second-order valence-electron chi connectivity index (χ2n) is 30.8. The molecule has 20 heteroatoms. The van der Waals surface area contributed by atoms with Crippen LogP contribution in [-0.2, 0) is 111 Å². The first-order valence-electron chi connectivity index (χ1n) is 41.6. The van der Waals surface area contributed by atoms with Crippen LogP contribution in [0, 0.1) is 5.92 Å². The van der Waals surface area contributed by atoms with Crippen molar-refractivity contribution < 1.29 is 14.4 Å². The van der Waals surface area contributed by atoms with Gasteiger partial charge in [0.25, 0.3) is 0 Å². The van der Waals surface area contributed by atoms with Crippen LogP contribution >= 0.6 is 0 Å². The van der Waals surface area contributed by atoms with Gasteiger partial charge in [0.05, 0.1) is 24.2 Å². The molecular formula is C97H105N17O3. The lowest BCUT2D eigenvalue weighted by molar-refractivity contribution is -0.126. The number of carbonyl (C=O) groups is 3. The summed E-state index contributed by atoms with van der Waals surface area (Å²) >= 11 is 0. The lowest BCUT2D eigenvalue weighted by atomic mass is 9.96. The number of fused-ring (bicyclic) bond motifs is 3. The van der Waals surface area contributed by atoms with Crippen molar-refractivity contribution >= 4 is 50.4 Å². The van der Waals surface area contributed by atoms with E-state index >= 15 is 0 Å². The molecule has 0 radical (unpaired) electrons. The first-order valence-corrected chi connectivity index (χ1v) is 41.6. The highest BCUT2D eigenvalue weighted by Crippen LogP contribution is 2.31. The summed E-state index contributed by atoms with van der Waals surface area (Å²) in [5.41, 5.74) is 14.4. The molecule has 596 valence electrons. The fourth-order valence-electron chi connectivity index (χ4n) is 16.4. The monoisotopic (exact) mass is 1560 g/mol. The van der Waals surface area contributed by atoms with Crippen LogP contribution < -0.4 is 26.6 Å². The van der Waals surface area contributed by atoms with Gasteiger partial charge < -0.3 is 55.2 Å². The molecule has 0 bridgehead atoms. The first-order chi connectivity index (χ1) is 57.7. The summed E-state index contributed by atoms with van der Waals surface area (Å²) in [7, 11) is 0. The standard InChI is InChI=1S/C34H38N6O.C33H36N6O.C30H31N5O/c41-34(27-17-20-35-21-18-27)37-31(23-28-24-36-30-14-8-7-13-29(28)30)33-39-38-32(16-15-25-9-3-1-4-10-25)40(33)22-19-26-11-5-2-6-12-26;40-33(29-16-9-20-34-29)36-30(22-26-23-35-28-15-8-7-14-27(26)28)32-38-37-31(18-17-24-10-3-1-4-11-24)39(32)21-19-25-12-5-2-6-13-25;1-22(36)32-28(20-25-21-31-27-15-9-8-14-26(25)27)30-34-33-29(17-16-23-10-4-2-5-11-23)35(30)19-18-24-12-6-3-7-13-24/h1-14,24,27,31,35-36H,15-23H2,(H,37,41);1-8,10-15,23,29-30,34-35H,9,16-22H2,(H,36,40);2-15,21,28,31H,16-20H2,1H3,(H,32,36)/t31-;29-,30+;28-/m101/s1. The van der Waals surface area contributed by atoms with Crippen LogP contribution in [0.15, 0.2) is 273 Å². The fourth-order valence-corrected chi connectivity index (χ4v) is 16.4. The van der Waals surface area contributed by atoms with E-state index in [1.165, 1.54) is 49.7 Å². The topological polar surface area (TPSA) is 251 Å². The molecule has 0 unspecified atom stereocenters. The number of amides is 3. The van der Waals surface area contributed by atoms with Crippen LogP contribution in [-0.4, -0.2) is 103 Å². The smallest absolute Gasteiger partial charge is 0.237 e. The van der Waals surface area contributed by atoms with Gasteiger partial charge in [-0.2, -0.15) is 0 Å². The molecule has 8 N–H and O–H groups in total. The second-order valence-corrected chi connectivity index (χ2v) is 30.8. The summed E-state index contributed by atoms with van der Waals surface area (Å²) in [6.45, 7) is 6.44. The van der Waals surface area contributed by atoms with E-state index in [9.17, 15) is 14.4 Å². The second kappa shape index (κ2) is 40.1. The Morgan fingerprint density at radius 2 is 0.658 bits per heavy atom. The Morgan fingerprint density at radius 3 is 0.983 bits per heavy atom. The zero-order valence-corrected chi connectivity index (χ0v) is 66.7. The summed E-state index contributed by atoms with van der Waals surface area (Å²) in [5.74, 6) is 5.38. The van der Waals surface area contributed by atoms with Gasteiger partial charge in [-0.3, -0.25) is 14.4 Å². The zero-order chi connectivity index (χ0) is 79.8. The molecule has 8 heterocycles. The van der Waals surface area contributed by atoms with Gasteiger partial charge in [-0.15, -0.1) is 30.6 Å². The number of rotatable bonds is 32. The molecule has 3 amide bonds. The number of H-pyrrole nitrogens is 3. The normalized spacial score (nSPS) is 14.3. The molecule has 15 aromatic rings. The van der Waals surface area contributed by atoms with Crippen molar-refractivity contribution in [2.24, 2.45) is 5.92 Å². The van der Waals surface area contributed by atoms with Gasteiger partial charge >= 0.3 is 0 Å². The molecule has 6 aromatic heterocycles. The van der Waals surface area contributed by atoms with Gasteiger partial charge in [-0.05, 0) is 152 Å². The van der Waals surface area contributed by atoms with Crippen LogP contribution in [0.4, 0.5) is 0 Å². The number of aromatic nitrogens is 12. The molecular weight excluding hydrogens is 1450 g/mol. The Morgan fingerprint density at radius 1 is 0.350 bits per heavy atom. The average molecular weight is 1560 g/mol. The van der Waals surface area contributed by atoms with E-state index in [1.807, 2.05) is 66.9 Å². The number of benzene rings is 9. The minimum atomic E-state index is -0.303. The van der Waals surface area contributed by atoms with Gasteiger partial charge in [0.2, 0.25) is 17.7 Å². The van der Waals surface area contributed by atoms with E-state index < -0.39 is 0 Å². The molecule has 2 saturated heterocycles. The first kappa shape index (κ1) is 79.6. The van der Waals surface area contributed by atoms with Gasteiger partial charge in [0, 0.05) is 122 Å². The lowest BCUT2D eigenvalue weighted by Crippen LogP contribution is -2.43. The predicted octanol–water partition coefficient (Wildman–Crippen LogP) is 15.3. The number of piperidine rings is 1. The molecule has 4 atom stereocenters. The van der Waals surface area contributed by atoms with E-state index in [0.29, 0.717) is 19.3 Å². The molecule has 9 aromatic carbocycles. The number of carbonyl (C=O) groups excluding carboxylic acids is 3. The quantitative estimate of drug-likeness (QED) is 0.0197. The SMILES string of the molecule is CC(=O)N[C@H](Cc1c[nH]c2ccccc12)c1nnc(CCc2ccccc2)n1CCc1ccccc1.O=C(N[C@H](Cc1c[nH]c2ccccc12)c1nnc(CCc2ccccc2)n1CCc1ccccc1)C1CCNCC1.O=C(N[C@H](Cc1c[nH]c2ccccc12)c1nnc(CCc2ccccc2)n1CCc1ccccc1)[C@@H]1CCCN1. The van der Waals surface area contributed by atoms with Crippen molar-refractivity contribution in [1.29, 1.82) is 0 Å². The summed E-state index contributed by atoms with van der Waals surface area (Å²) in [4.78, 5) is 49.4. The summed E-state index contributed by atoms with van der Waals surface area (Å²) in [5, 5.41) is 48.4. The maximum absolute atomic E-state index is 13.6. The molecule has 2 aliphatic rings. The van der Waals surface area contributed by atoms with Crippen LogP contribution in [0.2, 0.25) is 0 Å². The molecule has 2 fully saturated rings. The van der Waals surface area contributed by atoms with E-state index in [1.54, 1.807) is 6.92 Å². The zero-order valence-electron chi connectivity index (χ0n) is 66.7. The third-order valence-electron chi connectivity index (χ3n) is 22.7. The third kappa shape index (κ3) is 21.3. The van der Waals surface area contributed by atoms with Crippen LogP contribution in [0.25, 0.3) is 32.7 Å². The van der Waals surface area contributed by atoms with Crippen LogP contribution in [0.1, 0.15) is 136 Å². The molecule has 0 saturated carbocycles. The molecule has 0 aliphatic carbocycles. The molecule has 20 nitrogen and oxygen atoms in total. The minimum Gasteiger partial charge on any atom is -0.361 e. The summed E-state index contributed by atoms with van der Waals surface area (Å²) < 4.78 is 6.72. The van der Waals surface area contributed by atoms with Gasteiger partial charge in [0.15, 0.2) is 17.5 Å². The highest BCUT2D eigenvalue weighted by molar-refractivity contribution is 5.86. The third-order valence-corrected chi connectivity index (χ3v) is 22.7. The molecule has 117 heavy (non-hydrogen) atoms. The Kier molecular flexibility index (Phi) is 27.3. The van der Waals surface area contributed by atoms with Crippen molar-refractivity contribution in [3.63, 3.8) is 0 Å². The Labute approximate surface area is 684 Å². The maximum atomic E-state index is 13.6. The predicted molar refractivity (Wildman–Crippen MR) is 463 cm³/mol. The Balaban J connectivity index is 0.000000138. The van der Waals surface area contributed by atoms with E-state index in [4.69, 9.17) is 20.4 Å². The Hall–Kier alpha value is -12.7. The number of nitrogens with one attached hydrogen (secondary N) is 8. The highest BCUT2D eigenvalue weighted by Gasteiger charge is 2.32. The Bertz CT molecular complexity index is 5610. The van der Waals surface area contributed by atoms with Crippen molar-refractivity contribution in [2.45, 2.75) is 153 Å². The van der Waals surface area contributed by atoms with E-state index in [-0.39, 0.29) is 47.8 Å². The number of aromatic amines is 3. The van der Waals surface area contributed by atoms with Gasteiger partial charge in [-0.25, -0.2) is 0 Å². The lowest BCUT2D eigenvalue weighted by Gasteiger charge is -2.26. The fraction of sp³-hybridized carbons (Fsp3) is 0.289. The van der Waals surface area contributed by atoms with Crippen molar-refractivity contribution in [2.75, 3.05) is 19.6 Å². The summed E-state index contributed by atoms with van der Waals surface area (Å²) in [6, 6.07) is 86.8. The number of hydrogen-bond donors (Lipinski definition) is 8. The number of hydrogen-bond acceptors (Lipinski definition) is 11.